The van der Waals surface area contributed by atoms with Crippen molar-refractivity contribution >= 4 is 10.8 Å². The Morgan fingerprint density at radius 1 is 1.12 bits per heavy atom. The van der Waals surface area contributed by atoms with Crippen molar-refractivity contribution in [2.24, 2.45) is 0 Å². The molecule has 0 spiro atoms. The van der Waals surface area contributed by atoms with E-state index in [4.69, 9.17) is 4.74 Å². The molecule has 0 aliphatic rings. The molecule has 0 radical (unpaired) electrons. The molecule has 0 N–H and O–H groups in total. The fourth-order valence-electron chi connectivity index (χ4n) is 1.64. The molecule has 1 aromatic heterocycles. The Hall–Kier alpha value is -1.57. The number of pyridine rings is 1. The fraction of sp³-hybridized carbons (Fsp3) is 0.357. The Morgan fingerprint density at radius 3 is 2.56 bits per heavy atom. The number of benzene rings is 1. The van der Waals surface area contributed by atoms with Gasteiger partial charge in [0, 0.05) is 11.6 Å². The third kappa shape index (κ3) is 2.32. The largest absolute Gasteiger partial charge is 0.471 e. The highest BCUT2D eigenvalue weighted by Crippen LogP contribution is 2.26. The van der Waals surface area contributed by atoms with Gasteiger partial charge in [-0.15, -0.1) is 0 Å². The van der Waals surface area contributed by atoms with Gasteiger partial charge in [-0.2, -0.15) is 0 Å². The predicted molar refractivity (Wildman–Crippen MR) is 66.9 cm³/mol. The standard InChI is InChI=1S/C14H17NO/c1-10-5-6-12-11(9-10)7-8-15-13(12)16-14(2,3)4/h5-9H,1-4H3. The molecule has 2 nitrogen and oxygen atoms in total. The van der Waals surface area contributed by atoms with Gasteiger partial charge in [-0.1, -0.05) is 17.7 Å². The van der Waals surface area contributed by atoms with E-state index in [0.29, 0.717) is 5.88 Å². The van der Waals surface area contributed by atoms with Gasteiger partial charge in [-0.25, -0.2) is 4.98 Å². The van der Waals surface area contributed by atoms with E-state index in [1.807, 2.05) is 26.8 Å². The molecular weight excluding hydrogens is 198 g/mol. The Labute approximate surface area is 96.3 Å². The number of hydrogen-bond donors (Lipinski definition) is 0. The molecule has 0 atom stereocenters. The van der Waals surface area contributed by atoms with E-state index in [1.54, 1.807) is 6.20 Å². The van der Waals surface area contributed by atoms with Crippen LogP contribution < -0.4 is 4.74 Å². The van der Waals surface area contributed by atoms with E-state index in [1.165, 1.54) is 10.9 Å². The summed E-state index contributed by atoms with van der Waals surface area (Å²) >= 11 is 0. The maximum Gasteiger partial charge on any atom is 0.221 e. The number of nitrogens with zero attached hydrogens (tertiary/aromatic N) is 1. The van der Waals surface area contributed by atoms with Crippen molar-refractivity contribution in [3.05, 3.63) is 36.0 Å². The van der Waals surface area contributed by atoms with Gasteiger partial charge in [0.2, 0.25) is 5.88 Å². The Balaban J connectivity index is 2.54. The zero-order chi connectivity index (χ0) is 11.8. The SMILES string of the molecule is Cc1ccc2c(OC(C)(C)C)nccc2c1. The van der Waals surface area contributed by atoms with Crippen LogP contribution in [0.25, 0.3) is 10.8 Å². The van der Waals surface area contributed by atoms with Crippen molar-refractivity contribution in [1.82, 2.24) is 4.98 Å². The molecule has 0 amide bonds. The molecule has 2 rings (SSSR count). The van der Waals surface area contributed by atoms with Gasteiger partial charge in [-0.3, -0.25) is 0 Å². The van der Waals surface area contributed by atoms with E-state index in [-0.39, 0.29) is 5.60 Å². The van der Waals surface area contributed by atoms with Crippen LogP contribution in [0, 0.1) is 6.92 Å². The second-order valence-electron chi connectivity index (χ2n) is 5.06. The smallest absolute Gasteiger partial charge is 0.221 e. The first-order chi connectivity index (χ1) is 7.46. The average molecular weight is 215 g/mol. The van der Waals surface area contributed by atoms with Crippen LogP contribution >= 0.6 is 0 Å². The highest BCUT2D eigenvalue weighted by atomic mass is 16.5. The van der Waals surface area contributed by atoms with Gasteiger partial charge >= 0.3 is 0 Å². The van der Waals surface area contributed by atoms with Crippen LogP contribution in [0.2, 0.25) is 0 Å². The van der Waals surface area contributed by atoms with Crippen molar-refractivity contribution in [3.63, 3.8) is 0 Å². The van der Waals surface area contributed by atoms with Crippen LogP contribution in [0.15, 0.2) is 30.5 Å². The molecule has 0 aliphatic carbocycles. The first-order valence-electron chi connectivity index (χ1n) is 5.50. The number of hydrogen-bond acceptors (Lipinski definition) is 2. The lowest BCUT2D eigenvalue weighted by molar-refractivity contribution is 0.126. The molecule has 2 heteroatoms. The minimum atomic E-state index is -0.216. The summed E-state index contributed by atoms with van der Waals surface area (Å²) in [5.41, 5.74) is 1.03. The summed E-state index contributed by atoms with van der Waals surface area (Å²) < 4.78 is 5.84. The van der Waals surface area contributed by atoms with Gasteiger partial charge in [0.1, 0.15) is 5.60 Å². The van der Waals surface area contributed by atoms with Crippen molar-refractivity contribution in [1.29, 1.82) is 0 Å². The predicted octanol–water partition coefficient (Wildman–Crippen LogP) is 3.72. The molecule has 1 aromatic carbocycles. The Morgan fingerprint density at radius 2 is 1.88 bits per heavy atom. The molecule has 0 unspecified atom stereocenters. The molecule has 84 valence electrons. The summed E-state index contributed by atoms with van der Waals surface area (Å²) in [6.45, 7) is 8.18. The summed E-state index contributed by atoms with van der Waals surface area (Å²) in [5.74, 6) is 0.713. The van der Waals surface area contributed by atoms with E-state index in [9.17, 15) is 0 Å². The lowest BCUT2D eigenvalue weighted by Crippen LogP contribution is -2.23. The van der Waals surface area contributed by atoms with Gasteiger partial charge in [0.15, 0.2) is 0 Å². The van der Waals surface area contributed by atoms with Crippen molar-refractivity contribution in [2.75, 3.05) is 0 Å². The molecule has 2 aromatic rings. The van der Waals surface area contributed by atoms with Crippen molar-refractivity contribution in [2.45, 2.75) is 33.3 Å². The topological polar surface area (TPSA) is 22.1 Å². The number of fused-ring (bicyclic) bond motifs is 1. The lowest BCUT2D eigenvalue weighted by Gasteiger charge is -2.21. The van der Waals surface area contributed by atoms with E-state index >= 15 is 0 Å². The first-order valence-corrected chi connectivity index (χ1v) is 5.50. The maximum absolute atomic E-state index is 5.84. The fourth-order valence-corrected chi connectivity index (χ4v) is 1.64. The second kappa shape index (κ2) is 3.78. The number of ether oxygens (including phenoxy) is 1. The Kier molecular flexibility index (Phi) is 2.58. The summed E-state index contributed by atoms with van der Waals surface area (Å²) in [6, 6.07) is 8.31. The minimum absolute atomic E-state index is 0.216. The summed E-state index contributed by atoms with van der Waals surface area (Å²) in [6.07, 6.45) is 1.79. The van der Waals surface area contributed by atoms with Gasteiger partial charge in [0.25, 0.3) is 0 Å². The van der Waals surface area contributed by atoms with Crippen LogP contribution in [0.1, 0.15) is 26.3 Å². The van der Waals surface area contributed by atoms with Crippen molar-refractivity contribution < 1.29 is 4.74 Å². The first kappa shape index (κ1) is 10.9. The highest BCUT2D eigenvalue weighted by molar-refractivity contribution is 5.87. The number of aromatic nitrogens is 1. The van der Waals surface area contributed by atoms with E-state index in [0.717, 1.165) is 5.39 Å². The third-order valence-electron chi connectivity index (χ3n) is 2.29. The van der Waals surface area contributed by atoms with Crippen LogP contribution in [-0.2, 0) is 0 Å². The van der Waals surface area contributed by atoms with Crippen LogP contribution in [0.4, 0.5) is 0 Å². The summed E-state index contributed by atoms with van der Waals surface area (Å²) in [5, 5.41) is 2.25. The summed E-state index contributed by atoms with van der Waals surface area (Å²) in [4.78, 5) is 4.30. The third-order valence-corrected chi connectivity index (χ3v) is 2.29. The molecular formula is C14H17NO. The van der Waals surface area contributed by atoms with Crippen LogP contribution in [0.3, 0.4) is 0 Å². The van der Waals surface area contributed by atoms with Gasteiger partial charge in [0.05, 0.1) is 0 Å². The maximum atomic E-state index is 5.84. The molecule has 0 saturated carbocycles. The molecule has 16 heavy (non-hydrogen) atoms. The van der Waals surface area contributed by atoms with E-state index in [2.05, 4.69) is 30.1 Å². The lowest BCUT2D eigenvalue weighted by atomic mass is 10.1. The number of rotatable bonds is 1. The van der Waals surface area contributed by atoms with Crippen LogP contribution in [0.5, 0.6) is 5.88 Å². The molecule has 1 heterocycles. The molecule has 0 saturated heterocycles. The van der Waals surface area contributed by atoms with Crippen LogP contribution in [-0.4, -0.2) is 10.6 Å². The van der Waals surface area contributed by atoms with E-state index < -0.39 is 0 Å². The summed E-state index contributed by atoms with van der Waals surface area (Å²) in [7, 11) is 0. The second-order valence-corrected chi connectivity index (χ2v) is 5.06. The zero-order valence-corrected chi connectivity index (χ0v) is 10.2. The van der Waals surface area contributed by atoms with Gasteiger partial charge < -0.3 is 4.74 Å². The Bertz CT molecular complexity index is 512. The molecule has 0 aliphatic heterocycles. The normalized spacial score (nSPS) is 11.8. The molecule has 0 bridgehead atoms. The molecule has 0 fully saturated rings. The number of aryl methyl sites for hydroxylation is 1. The minimum Gasteiger partial charge on any atom is -0.471 e. The van der Waals surface area contributed by atoms with Crippen molar-refractivity contribution in [3.8, 4) is 5.88 Å². The monoisotopic (exact) mass is 215 g/mol. The zero-order valence-electron chi connectivity index (χ0n) is 10.2. The quantitative estimate of drug-likeness (QED) is 0.723. The highest BCUT2D eigenvalue weighted by Gasteiger charge is 2.14. The van der Waals surface area contributed by atoms with Gasteiger partial charge in [-0.05, 0) is 45.2 Å². The average Bonchev–Trinajstić information content (AvgIpc) is 2.15.